The van der Waals surface area contributed by atoms with Crippen molar-refractivity contribution >= 4 is 17.1 Å². The summed E-state index contributed by atoms with van der Waals surface area (Å²) in [6.07, 6.45) is 5.89. The first-order valence-electron chi connectivity index (χ1n) is 11.6. The number of nitrogens with zero attached hydrogens (tertiary/aromatic N) is 1. The third-order valence-corrected chi connectivity index (χ3v) is 7.40. The highest BCUT2D eigenvalue weighted by Crippen LogP contribution is 2.35. The molecule has 0 amide bonds. The van der Waals surface area contributed by atoms with Crippen molar-refractivity contribution in [1.29, 1.82) is 0 Å². The number of hydrogen-bond donors (Lipinski definition) is 0. The molecule has 2 aromatic carbocycles. The van der Waals surface area contributed by atoms with E-state index in [9.17, 15) is 4.79 Å². The number of benzene rings is 2. The van der Waals surface area contributed by atoms with E-state index in [1.54, 1.807) is 11.3 Å². The summed E-state index contributed by atoms with van der Waals surface area (Å²) < 4.78 is 0. The molecule has 2 nitrogen and oxygen atoms in total. The number of Topliss-reactive ketones (excluding diaryl/α,β-unsaturated/α-hetero) is 1. The maximum atomic E-state index is 12.7. The first-order valence-corrected chi connectivity index (χ1v) is 12.6. The Morgan fingerprint density at radius 1 is 0.806 bits per heavy atom. The number of hydrogen-bond acceptors (Lipinski definition) is 3. The van der Waals surface area contributed by atoms with Gasteiger partial charge in [0.25, 0.3) is 0 Å². The Morgan fingerprint density at radius 3 is 2.06 bits per heavy atom. The largest absolute Gasteiger partial charge is 0.303 e. The Balaban J connectivity index is 0.000000407. The van der Waals surface area contributed by atoms with Crippen molar-refractivity contribution in [2.75, 3.05) is 19.6 Å². The Labute approximate surface area is 190 Å². The lowest BCUT2D eigenvalue weighted by molar-refractivity contribution is 0.0917. The van der Waals surface area contributed by atoms with E-state index in [-0.39, 0.29) is 5.92 Å². The van der Waals surface area contributed by atoms with Crippen LogP contribution in [0.25, 0.3) is 0 Å². The number of rotatable bonds is 5. The zero-order chi connectivity index (χ0) is 21.3. The van der Waals surface area contributed by atoms with Gasteiger partial charge in [0.15, 0.2) is 5.78 Å². The van der Waals surface area contributed by atoms with Crippen molar-refractivity contribution < 1.29 is 4.79 Å². The van der Waals surface area contributed by atoms with Crippen LogP contribution in [-0.4, -0.2) is 30.3 Å². The van der Waals surface area contributed by atoms with E-state index >= 15 is 0 Å². The molecule has 2 atom stereocenters. The molecule has 1 saturated heterocycles. The van der Waals surface area contributed by atoms with E-state index in [2.05, 4.69) is 35.2 Å². The maximum Gasteiger partial charge on any atom is 0.165 e. The predicted octanol–water partition coefficient (Wildman–Crippen LogP) is 6.91. The summed E-state index contributed by atoms with van der Waals surface area (Å²) in [7, 11) is 0. The van der Waals surface area contributed by atoms with Gasteiger partial charge in [-0.05, 0) is 73.4 Å². The second kappa shape index (κ2) is 11.4. The molecule has 1 saturated carbocycles. The number of likely N-dealkylation sites (tertiary alicyclic amines) is 1. The van der Waals surface area contributed by atoms with Crippen molar-refractivity contribution in [1.82, 2.24) is 4.90 Å². The average Bonchev–Trinajstić information content (AvgIpc) is 3.56. The fraction of sp³-hybridized carbons (Fsp3) is 0.393. The number of thiophene rings is 1. The smallest absolute Gasteiger partial charge is 0.165 e. The first kappa shape index (κ1) is 22.0. The summed E-state index contributed by atoms with van der Waals surface area (Å²) in [5.74, 6) is 2.02. The van der Waals surface area contributed by atoms with Crippen LogP contribution in [0.5, 0.6) is 0 Å². The van der Waals surface area contributed by atoms with Crippen LogP contribution in [0, 0.1) is 11.8 Å². The molecule has 5 rings (SSSR count). The van der Waals surface area contributed by atoms with Gasteiger partial charge in [0.05, 0.1) is 0 Å². The predicted molar refractivity (Wildman–Crippen MR) is 131 cm³/mol. The molecule has 31 heavy (non-hydrogen) atoms. The standard InChI is InChI=1S/C24H29NO.C4H4S/c26-24(22-9-5-2-6-10-22)23-12-11-19(17-23)18-25-15-13-21(14-16-25)20-7-3-1-4-8-20;1-2-4-5-3-1/h1-10,19,21,23H,11-18H2;1-4H. The molecule has 2 fully saturated rings. The summed E-state index contributed by atoms with van der Waals surface area (Å²) in [6.45, 7) is 3.58. The Kier molecular flexibility index (Phi) is 8.09. The Bertz CT molecular complexity index is 868. The van der Waals surface area contributed by atoms with E-state index < -0.39 is 0 Å². The van der Waals surface area contributed by atoms with Crippen LogP contribution in [0.15, 0.2) is 83.6 Å². The van der Waals surface area contributed by atoms with Crippen molar-refractivity contribution in [2.45, 2.75) is 38.0 Å². The molecule has 0 bridgehead atoms. The fourth-order valence-corrected chi connectivity index (χ4v) is 5.54. The molecule has 2 heterocycles. The molecule has 0 spiro atoms. The normalized spacial score (nSPS) is 21.9. The summed E-state index contributed by atoms with van der Waals surface area (Å²) in [4.78, 5) is 15.3. The van der Waals surface area contributed by atoms with Gasteiger partial charge in [-0.15, -0.1) is 0 Å². The van der Waals surface area contributed by atoms with E-state index in [1.165, 1.54) is 44.5 Å². The molecule has 2 aliphatic rings. The lowest BCUT2D eigenvalue weighted by Gasteiger charge is -2.33. The minimum absolute atomic E-state index is 0.240. The highest BCUT2D eigenvalue weighted by molar-refractivity contribution is 7.07. The molecule has 0 radical (unpaired) electrons. The van der Waals surface area contributed by atoms with Crippen molar-refractivity contribution in [2.24, 2.45) is 11.8 Å². The SMILES string of the molecule is O=C(c1ccccc1)C1CCC(CN2CCC(c3ccccc3)CC2)C1.c1ccsc1. The van der Waals surface area contributed by atoms with Gasteiger partial charge in [0.1, 0.15) is 0 Å². The second-order valence-electron chi connectivity index (χ2n) is 8.88. The summed E-state index contributed by atoms with van der Waals surface area (Å²) in [5.41, 5.74) is 2.39. The Morgan fingerprint density at radius 2 is 1.45 bits per heavy atom. The second-order valence-corrected chi connectivity index (χ2v) is 9.70. The molecule has 3 aromatic rings. The molecular weight excluding hydrogens is 398 g/mol. The van der Waals surface area contributed by atoms with Gasteiger partial charge >= 0.3 is 0 Å². The molecule has 2 unspecified atom stereocenters. The molecule has 1 aliphatic carbocycles. The summed E-state index contributed by atoms with van der Waals surface area (Å²) in [5, 5.41) is 4.08. The molecule has 0 N–H and O–H groups in total. The molecule has 1 aliphatic heterocycles. The number of piperidine rings is 1. The third-order valence-electron chi connectivity index (χ3n) is 6.77. The first-order chi connectivity index (χ1) is 15.3. The van der Waals surface area contributed by atoms with E-state index in [0.717, 1.165) is 24.3 Å². The molecular formula is C28H33NOS. The van der Waals surface area contributed by atoms with E-state index in [4.69, 9.17) is 0 Å². The van der Waals surface area contributed by atoms with Crippen LogP contribution in [0.2, 0.25) is 0 Å². The summed E-state index contributed by atoms with van der Waals surface area (Å²) in [6, 6.07) is 24.8. The van der Waals surface area contributed by atoms with Crippen LogP contribution in [0.4, 0.5) is 0 Å². The average molecular weight is 432 g/mol. The van der Waals surface area contributed by atoms with Crippen LogP contribution < -0.4 is 0 Å². The van der Waals surface area contributed by atoms with Gasteiger partial charge in [-0.2, -0.15) is 11.3 Å². The lowest BCUT2D eigenvalue weighted by atomic mass is 9.89. The Hall–Kier alpha value is -2.23. The third kappa shape index (κ3) is 6.38. The van der Waals surface area contributed by atoms with Crippen molar-refractivity contribution in [3.63, 3.8) is 0 Å². The van der Waals surface area contributed by atoms with Crippen molar-refractivity contribution in [3.8, 4) is 0 Å². The van der Waals surface area contributed by atoms with Gasteiger partial charge < -0.3 is 4.90 Å². The lowest BCUT2D eigenvalue weighted by Crippen LogP contribution is -2.36. The van der Waals surface area contributed by atoms with Crippen LogP contribution in [0.1, 0.15) is 53.9 Å². The quantitative estimate of drug-likeness (QED) is 0.409. The fourth-order valence-electron chi connectivity index (χ4n) is 5.08. The molecule has 3 heteroatoms. The number of carbonyl (C=O) groups is 1. The maximum absolute atomic E-state index is 12.7. The van der Waals surface area contributed by atoms with Gasteiger partial charge in [0.2, 0.25) is 0 Å². The number of carbonyl (C=O) groups excluding carboxylic acids is 1. The van der Waals surface area contributed by atoms with Gasteiger partial charge in [-0.25, -0.2) is 0 Å². The minimum Gasteiger partial charge on any atom is -0.303 e. The van der Waals surface area contributed by atoms with Crippen LogP contribution in [0.3, 0.4) is 0 Å². The summed E-state index contributed by atoms with van der Waals surface area (Å²) >= 11 is 1.71. The van der Waals surface area contributed by atoms with Gasteiger partial charge in [0, 0.05) is 18.0 Å². The van der Waals surface area contributed by atoms with Crippen molar-refractivity contribution in [3.05, 3.63) is 94.7 Å². The highest BCUT2D eigenvalue weighted by atomic mass is 32.1. The molecule has 1 aromatic heterocycles. The topological polar surface area (TPSA) is 20.3 Å². The minimum atomic E-state index is 0.240. The monoisotopic (exact) mass is 431 g/mol. The van der Waals surface area contributed by atoms with Crippen LogP contribution in [-0.2, 0) is 0 Å². The zero-order valence-corrected chi connectivity index (χ0v) is 19.1. The molecule has 162 valence electrons. The van der Waals surface area contributed by atoms with E-state index in [1.807, 2.05) is 53.2 Å². The van der Waals surface area contributed by atoms with Gasteiger partial charge in [-0.1, -0.05) is 72.8 Å². The number of ketones is 1. The van der Waals surface area contributed by atoms with Crippen LogP contribution >= 0.6 is 11.3 Å². The highest BCUT2D eigenvalue weighted by Gasteiger charge is 2.32. The van der Waals surface area contributed by atoms with Gasteiger partial charge in [-0.3, -0.25) is 4.79 Å². The van der Waals surface area contributed by atoms with E-state index in [0.29, 0.717) is 11.7 Å². The zero-order valence-electron chi connectivity index (χ0n) is 18.2.